The molecule has 0 N–H and O–H groups in total. The van der Waals surface area contributed by atoms with E-state index in [1.54, 1.807) is 0 Å². The fourth-order valence-electron chi connectivity index (χ4n) is 3.73. The van der Waals surface area contributed by atoms with Crippen LogP contribution < -0.4 is 9.42 Å². The molecular weight excluding hydrogens is 481 g/mol. The van der Waals surface area contributed by atoms with E-state index < -0.39 is 6.12 Å². The van der Waals surface area contributed by atoms with Gasteiger partial charge < -0.3 is 33.9 Å². The molecular formula is C24H41O2PS2Zn. The minimum Gasteiger partial charge on any atom is -0.682 e. The van der Waals surface area contributed by atoms with Gasteiger partial charge in [0, 0.05) is 0 Å². The average molecular weight is 522 g/mol. The Hall–Kier alpha value is 0.733. The second-order valence-corrected chi connectivity index (χ2v) is 12.9. The summed E-state index contributed by atoms with van der Waals surface area (Å²) in [7, 11) is 0. The maximum absolute atomic E-state index is 11.9. The molecule has 0 aliphatic carbocycles. The van der Waals surface area contributed by atoms with Crippen molar-refractivity contribution in [3.8, 4) is 5.75 Å². The van der Waals surface area contributed by atoms with Crippen LogP contribution in [0.25, 0.3) is 0 Å². The molecule has 0 bridgehead atoms. The third-order valence-electron chi connectivity index (χ3n) is 5.46. The third-order valence-corrected chi connectivity index (χ3v) is 6.33. The van der Waals surface area contributed by atoms with Crippen molar-refractivity contribution in [1.29, 1.82) is 0 Å². The van der Waals surface area contributed by atoms with E-state index in [-0.39, 0.29) is 19.5 Å². The zero-order valence-corrected chi connectivity index (χ0v) is 24.8. The molecule has 0 amide bonds. The molecule has 0 atom stereocenters. The van der Waals surface area contributed by atoms with Crippen molar-refractivity contribution in [1.82, 2.24) is 0 Å². The molecule has 1 aromatic rings. The molecule has 0 heterocycles. The van der Waals surface area contributed by atoms with E-state index in [1.165, 1.54) is 89.0 Å². The summed E-state index contributed by atoms with van der Waals surface area (Å²) in [6.45, 7) is 4.50. The predicted molar refractivity (Wildman–Crippen MR) is 132 cm³/mol. The molecule has 0 aliphatic rings. The molecule has 1 rings (SSSR count). The van der Waals surface area contributed by atoms with Crippen molar-refractivity contribution in [2.45, 2.75) is 117 Å². The van der Waals surface area contributed by atoms with Gasteiger partial charge in [0.15, 0.2) is 5.75 Å². The molecule has 0 spiro atoms. The topological polar surface area (TPSA) is 32.3 Å². The second kappa shape index (κ2) is 19.2. The standard InChI is InChI=1S/C24H43O2PS2.Zn/c1-3-5-7-9-11-13-15-17-22-19-20-23(24(21-22)26-27(25,28)29)18-16-14-12-10-8-6-4-2;/h19-21H,3-18H2,1-2H3,(H2,25,28,29);/q;+2/p-2. The van der Waals surface area contributed by atoms with Gasteiger partial charge in [-0.1, -0.05) is 103 Å². The first kappa shape index (κ1) is 30.7. The molecule has 0 unspecified atom stereocenters. The normalized spacial score (nSPS) is 11.4. The summed E-state index contributed by atoms with van der Waals surface area (Å²) in [6.07, 6.45) is 16.6. The Morgan fingerprint density at radius 1 is 0.733 bits per heavy atom. The van der Waals surface area contributed by atoms with E-state index in [4.69, 9.17) is 29.0 Å². The van der Waals surface area contributed by atoms with E-state index in [1.807, 2.05) is 6.07 Å². The fourth-order valence-corrected chi connectivity index (χ4v) is 4.62. The summed E-state index contributed by atoms with van der Waals surface area (Å²) in [4.78, 5) is 11.9. The van der Waals surface area contributed by atoms with E-state index in [0.717, 1.165) is 24.8 Å². The molecule has 1 aromatic carbocycles. The number of hydrogen-bond acceptors (Lipinski definition) is 4. The van der Waals surface area contributed by atoms with Gasteiger partial charge in [0.2, 0.25) is 0 Å². The van der Waals surface area contributed by atoms with E-state index >= 15 is 0 Å². The summed E-state index contributed by atoms with van der Waals surface area (Å²) in [5.41, 5.74) is 2.33. The zero-order chi connectivity index (χ0) is 21.4. The first-order valence-corrected chi connectivity index (χ1v) is 15.4. The largest absolute Gasteiger partial charge is 2.00 e. The maximum Gasteiger partial charge on any atom is 2.00 e. The molecule has 30 heavy (non-hydrogen) atoms. The van der Waals surface area contributed by atoms with Crippen molar-refractivity contribution in [3.05, 3.63) is 29.3 Å². The van der Waals surface area contributed by atoms with Crippen LogP contribution >= 0.6 is 6.12 Å². The summed E-state index contributed by atoms with van der Waals surface area (Å²) >= 11 is 9.74. The van der Waals surface area contributed by atoms with Gasteiger partial charge in [-0.25, -0.2) is 0 Å². The summed E-state index contributed by atoms with van der Waals surface area (Å²) in [5.74, 6) is 0.657. The first-order valence-electron chi connectivity index (χ1n) is 11.8. The molecule has 0 saturated carbocycles. The van der Waals surface area contributed by atoms with E-state index in [0.29, 0.717) is 5.75 Å². The third kappa shape index (κ3) is 16.4. The Balaban J connectivity index is 0.00000841. The minimum absolute atomic E-state index is 0. The summed E-state index contributed by atoms with van der Waals surface area (Å²) in [6, 6.07) is 6.35. The Bertz CT molecular complexity index is 538. The van der Waals surface area contributed by atoms with Gasteiger partial charge in [-0.15, -0.1) is 6.12 Å². The van der Waals surface area contributed by atoms with Gasteiger partial charge in [-0.05, 0) is 42.9 Å². The summed E-state index contributed by atoms with van der Waals surface area (Å²) < 4.78 is 5.54. The van der Waals surface area contributed by atoms with Crippen molar-refractivity contribution in [2.24, 2.45) is 0 Å². The smallest absolute Gasteiger partial charge is 0.682 e. The van der Waals surface area contributed by atoms with Crippen molar-refractivity contribution >= 4 is 30.6 Å². The Kier molecular flexibility index (Phi) is 19.7. The number of aryl methyl sites for hydroxylation is 2. The summed E-state index contributed by atoms with van der Waals surface area (Å²) in [5, 5.41) is 0. The van der Waals surface area contributed by atoms with Crippen LogP contribution in [0, 0.1) is 0 Å². The van der Waals surface area contributed by atoms with Gasteiger partial charge in [0.05, 0.1) is 0 Å². The van der Waals surface area contributed by atoms with Crippen LogP contribution in [-0.4, -0.2) is 0 Å². The Labute approximate surface area is 210 Å². The Morgan fingerprint density at radius 3 is 1.70 bits per heavy atom. The average Bonchev–Trinajstić information content (AvgIpc) is 2.66. The number of unbranched alkanes of at least 4 members (excludes halogenated alkanes) is 12. The monoisotopic (exact) mass is 520 g/mol. The molecule has 0 radical (unpaired) electrons. The molecule has 2 nitrogen and oxygen atoms in total. The SMILES string of the molecule is CCCCCCCCCc1ccc(CCCCCCCCC)c(O[P+]([O-])([S-])[S-])c1.[Zn+2]. The van der Waals surface area contributed by atoms with Crippen molar-refractivity contribution in [2.75, 3.05) is 0 Å². The maximum atomic E-state index is 11.9. The van der Waals surface area contributed by atoms with Crippen LogP contribution in [-0.2, 0) is 56.8 Å². The van der Waals surface area contributed by atoms with Crippen LogP contribution in [0.5, 0.6) is 5.75 Å². The van der Waals surface area contributed by atoms with Gasteiger partial charge in [-0.3, -0.25) is 0 Å². The van der Waals surface area contributed by atoms with Gasteiger partial charge in [0.25, 0.3) is 0 Å². The molecule has 0 aliphatic heterocycles. The van der Waals surface area contributed by atoms with Crippen LogP contribution in [0.1, 0.15) is 115 Å². The van der Waals surface area contributed by atoms with Gasteiger partial charge in [0.1, 0.15) is 0 Å². The van der Waals surface area contributed by atoms with E-state index in [2.05, 4.69) is 26.0 Å². The number of benzene rings is 1. The number of rotatable bonds is 18. The van der Waals surface area contributed by atoms with Crippen LogP contribution in [0.4, 0.5) is 0 Å². The van der Waals surface area contributed by atoms with Crippen LogP contribution in [0.15, 0.2) is 18.2 Å². The zero-order valence-electron chi connectivity index (χ0n) is 19.3. The molecule has 0 saturated heterocycles. The molecule has 168 valence electrons. The van der Waals surface area contributed by atoms with Crippen LogP contribution in [0.3, 0.4) is 0 Å². The van der Waals surface area contributed by atoms with Crippen molar-refractivity contribution < 1.29 is 28.9 Å². The second-order valence-electron chi connectivity index (χ2n) is 8.22. The van der Waals surface area contributed by atoms with Gasteiger partial charge in [-0.2, -0.15) is 0 Å². The molecule has 0 aromatic heterocycles. The minimum atomic E-state index is -3.37. The number of hydrogen-bond donors (Lipinski definition) is 0. The Morgan fingerprint density at radius 2 is 1.20 bits per heavy atom. The molecule has 6 heteroatoms. The molecule has 0 fully saturated rings. The first-order chi connectivity index (χ1) is 14.0. The quantitative estimate of drug-likeness (QED) is 0.0854. The van der Waals surface area contributed by atoms with E-state index in [9.17, 15) is 4.89 Å². The van der Waals surface area contributed by atoms with Gasteiger partial charge >= 0.3 is 19.5 Å². The van der Waals surface area contributed by atoms with Crippen LogP contribution in [0.2, 0.25) is 0 Å². The van der Waals surface area contributed by atoms with Crippen molar-refractivity contribution in [3.63, 3.8) is 0 Å². The fraction of sp³-hybridized carbons (Fsp3) is 0.750. The predicted octanol–water partition coefficient (Wildman–Crippen LogP) is 7.78.